The van der Waals surface area contributed by atoms with Gasteiger partial charge in [-0.05, 0) is 43.0 Å². The highest BCUT2D eigenvalue weighted by molar-refractivity contribution is 5.71. The molecule has 0 bridgehead atoms. The summed E-state index contributed by atoms with van der Waals surface area (Å²) in [6.07, 6.45) is 6.15. The van der Waals surface area contributed by atoms with Crippen LogP contribution in [0.15, 0.2) is 30.3 Å². The van der Waals surface area contributed by atoms with Gasteiger partial charge in [-0.15, -0.1) is 6.42 Å². The van der Waals surface area contributed by atoms with Crippen LogP contribution in [0.4, 0.5) is 20.2 Å². The van der Waals surface area contributed by atoms with Gasteiger partial charge in [0.25, 0.3) is 0 Å². The molecule has 0 aliphatic rings. The molecule has 0 radical (unpaired) electrons. The van der Waals surface area contributed by atoms with Crippen LogP contribution in [0.2, 0.25) is 0 Å². The topological polar surface area (TPSA) is 41.5 Å². The van der Waals surface area contributed by atoms with Crippen molar-refractivity contribution in [1.82, 2.24) is 0 Å². The Hall–Kier alpha value is -2.58. The number of hydrogen-bond donors (Lipinski definition) is 2. The van der Waals surface area contributed by atoms with Gasteiger partial charge in [-0.3, -0.25) is 0 Å². The summed E-state index contributed by atoms with van der Waals surface area (Å²) >= 11 is 0. The smallest absolute Gasteiger partial charge is 0.146 e. The van der Waals surface area contributed by atoms with Gasteiger partial charge >= 0.3 is 0 Å². The fraction of sp³-hybridized carbons (Fsp3) is 0.300. The third-order valence-electron chi connectivity index (χ3n) is 3.79. The highest BCUT2D eigenvalue weighted by Gasteiger charge is 2.13. The summed E-state index contributed by atoms with van der Waals surface area (Å²) in [5, 5.41) is 11.9. The van der Waals surface area contributed by atoms with E-state index >= 15 is 0 Å². The lowest BCUT2D eigenvalue weighted by atomic mass is 10.1. The van der Waals surface area contributed by atoms with E-state index in [0.717, 1.165) is 5.56 Å². The van der Waals surface area contributed by atoms with Crippen molar-refractivity contribution in [3.8, 4) is 18.1 Å². The molecule has 0 aromatic heterocycles. The Morgan fingerprint density at radius 1 is 1.24 bits per heavy atom. The summed E-state index contributed by atoms with van der Waals surface area (Å²) in [6.45, 7) is 4.00. The van der Waals surface area contributed by atoms with E-state index in [-0.39, 0.29) is 36.3 Å². The Morgan fingerprint density at radius 2 is 2.00 bits per heavy atom. The van der Waals surface area contributed by atoms with E-state index in [9.17, 15) is 8.78 Å². The standard InChI is InChI=1S/C20H21F2NO2/c1-4-16-19(23-18-6-5-13(2)9-17(18)22)10-15(21)11-20(16)25-8-7-14(3)12-24/h1,5-6,9-11,14,23-24H,7-8,12H2,2-3H3. The number of halogens is 2. The molecule has 0 amide bonds. The number of rotatable bonds is 7. The van der Waals surface area contributed by atoms with Gasteiger partial charge in [0.1, 0.15) is 17.4 Å². The number of aliphatic hydroxyl groups excluding tert-OH is 1. The third kappa shape index (κ3) is 4.94. The van der Waals surface area contributed by atoms with Crippen LogP contribution in [0, 0.1) is 36.8 Å². The predicted molar refractivity (Wildman–Crippen MR) is 95.1 cm³/mol. The molecule has 0 spiro atoms. The molecule has 0 saturated heterocycles. The van der Waals surface area contributed by atoms with Crippen LogP contribution in [0.3, 0.4) is 0 Å². The predicted octanol–water partition coefficient (Wildman–Crippen LogP) is 4.40. The first kappa shape index (κ1) is 18.8. The van der Waals surface area contributed by atoms with Crippen LogP contribution < -0.4 is 10.1 Å². The summed E-state index contributed by atoms with van der Waals surface area (Å²) in [6, 6.07) is 7.10. The van der Waals surface area contributed by atoms with E-state index in [0.29, 0.717) is 12.0 Å². The molecule has 2 rings (SSSR count). The Balaban J connectivity index is 2.27. The van der Waals surface area contributed by atoms with E-state index < -0.39 is 11.6 Å². The Morgan fingerprint density at radius 3 is 2.64 bits per heavy atom. The average molecular weight is 345 g/mol. The monoisotopic (exact) mass is 345 g/mol. The van der Waals surface area contributed by atoms with Crippen LogP contribution in [0.5, 0.6) is 5.75 Å². The zero-order chi connectivity index (χ0) is 18.4. The number of terminal acetylenes is 1. The lowest BCUT2D eigenvalue weighted by Gasteiger charge is -2.15. The quantitative estimate of drug-likeness (QED) is 0.731. The van der Waals surface area contributed by atoms with Gasteiger partial charge in [-0.1, -0.05) is 18.9 Å². The number of hydrogen-bond acceptors (Lipinski definition) is 3. The molecule has 0 heterocycles. The SMILES string of the molecule is C#Cc1c(Nc2ccc(C)cc2F)cc(F)cc1OCCC(C)CO. The minimum Gasteiger partial charge on any atom is -0.492 e. The van der Waals surface area contributed by atoms with Crippen LogP contribution in [0.25, 0.3) is 0 Å². The molecular weight excluding hydrogens is 324 g/mol. The summed E-state index contributed by atoms with van der Waals surface area (Å²) in [5.41, 5.74) is 1.56. The maximum absolute atomic E-state index is 14.0. The van der Waals surface area contributed by atoms with E-state index in [1.807, 2.05) is 6.92 Å². The highest BCUT2D eigenvalue weighted by Crippen LogP contribution is 2.31. The molecule has 0 saturated carbocycles. The minimum atomic E-state index is -0.542. The molecule has 2 aromatic carbocycles. The van der Waals surface area contributed by atoms with Crippen molar-refractivity contribution in [2.75, 3.05) is 18.5 Å². The molecule has 1 unspecified atom stereocenters. The van der Waals surface area contributed by atoms with Gasteiger partial charge in [0.2, 0.25) is 0 Å². The van der Waals surface area contributed by atoms with Crippen molar-refractivity contribution >= 4 is 11.4 Å². The second kappa shape index (κ2) is 8.50. The zero-order valence-corrected chi connectivity index (χ0v) is 14.3. The number of aliphatic hydroxyl groups is 1. The Kier molecular flexibility index (Phi) is 6.37. The van der Waals surface area contributed by atoms with Gasteiger partial charge in [0.05, 0.1) is 23.5 Å². The van der Waals surface area contributed by atoms with Gasteiger partial charge < -0.3 is 15.2 Å². The van der Waals surface area contributed by atoms with Crippen LogP contribution >= 0.6 is 0 Å². The van der Waals surface area contributed by atoms with E-state index in [1.54, 1.807) is 19.1 Å². The summed E-state index contributed by atoms with van der Waals surface area (Å²) in [7, 11) is 0. The molecule has 3 nitrogen and oxygen atoms in total. The van der Waals surface area contributed by atoms with Gasteiger partial charge in [0.15, 0.2) is 0 Å². The number of anilines is 2. The van der Waals surface area contributed by atoms with Gasteiger partial charge in [-0.2, -0.15) is 0 Å². The van der Waals surface area contributed by atoms with Crippen LogP contribution in [-0.4, -0.2) is 18.3 Å². The molecule has 0 aliphatic carbocycles. The van der Waals surface area contributed by atoms with E-state index in [2.05, 4.69) is 11.2 Å². The first-order chi connectivity index (χ1) is 11.9. The van der Waals surface area contributed by atoms with Crippen molar-refractivity contribution in [3.05, 3.63) is 53.1 Å². The summed E-state index contributed by atoms with van der Waals surface area (Å²) in [5.74, 6) is 1.76. The fourth-order valence-electron chi connectivity index (χ4n) is 2.27. The molecule has 0 aliphatic heterocycles. The second-order valence-corrected chi connectivity index (χ2v) is 6.00. The molecule has 0 fully saturated rings. The lowest BCUT2D eigenvalue weighted by Crippen LogP contribution is -2.09. The van der Waals surface area contributed by atoms with Crippen molar-refractivity contribution in [3.63, 3.8) is 0 Å². The van der Waals surface area contributed by atoms with Crippen molar-refractivity contribution in [1.29, 1.82) is 0 Å². The molecule has 2 N–H and O–H groups in total. The highest BCUT2D eigenvalue weighted by atomic mass is 19.1. The summed E-state index contributed by atoms with van der Waals surface area (Å²) < 4.78 is 33.6. The van der Waals surface area contributed by atoms with E-state index in [1.165, 1.54) is 18.2 Å². The summed E-state index contributed by atoms with van der Waals surface area (Å²) in [4.78, 5) is 0. The maximum Gasteiger partial charge on any atom is 0.146 e. The molecular formula is C20H21F2NO2. The van der Waals surface area contributed by atoms with Crippen LogP contribution in [0.1, 0.15) is 24.5 Å². The molecule has 2 aromatic rings. The molecule has 5 heteroatoms. The van der Waals surface area contributed by atoms with Crippen LogP contribution in [-0.2, 0) is 0 Å². The van der Waals surface area contributed by atoms with Gasteiger partial charge in [0, 0.05) is 12.7 Å². The lowest BCUT2D eigenvalue weighted by molar-refractivity contribution is 0.202. The van der Waals surface area contributed by atoms with Gasteiger partial charge in [-0.25, -0.2) is 8.78 Å². The fourth-order valence-corrected chi connectivity index (χ4v) is 2.27. The number of aryl methyl sites for hydroxylation is 1. The molecule has 132 valence electrons. The number of ether oxygens (including phenoxy) is 1. The van der Waals surface area contributed by atoms with Crippen molar-refractivity contribution < 1.29 is 18.6 Å². The van der Waals surface area contributed by atoms with E-state index in [4.69, 9.17) is 16.3 Å². The first-order valence-electron chi connectivity index (χ1n) is 8.01. The minimum absolute atomic E-state index is 0.0496. The Labute approximate surface area is 146 Å². The first-order valence-corrected chi connectivity index (χ1v) is 8.01. The largest absolute Gasteiger partial charge is 0.492 e. The molecule has 25 heavy (non-hydrogen) atoms. The third-order valence-corrected chi connectivity index (χ3v) is 3.79. The Bertz CT molecular complexity index is 784. The number of benzene rings is 2. The number of nitrogens with one attached hydrogen (secondary N) is 1. The van der Waals surface area contributed by atoms with Crippen molar-refractivity contribution in [2.45, 2.75) is 20.3 Å². The zero-order valence-electron chi connectivity index (χ0n) is 14.3. The van der Waals surface area contributed by atoms with Crippen molar-refractivity contribution in [2.24, 2.45) is 5.92 Å². The average Bonchev–Trinajstić information content (AvgIpc) is 2.57. The maximum atomic E-state index is 14.0. The molecule has 1 atom stereocenters. The normalized spacial score (nSPS) is 11.7. The second-order valence-electron chi connectivity index (χ2n) is 6.00.